The Morgan fingerprint density at radius 3 is 2.58 bits per heavy atom. The Morgan fingerprint density at radius 2 is 2.08 bits per heavy atom. The standard InChI is InChI=1S/C9H13FN2/c1-6-2-7(9(12)5-11)4-8(10)3-6/h2-4,9H,5,11-12H2,1H3/t9-/m0/s1. The van der Waals surface area contributed by atoms with Gasteiger partial charge in [0.1, 0.15) is 5.82 Å². The fourth-order valence-corrected chi connectivity index (χ4v) is 1.11. The molecule has 0 saturated heterocycles. The summed E-state index contributed by atoms with van der Waals surface area (Å²) in [6.07, 6.45) is 0. The van der Waals surface area contributed by atoms with Gasteiger partial charge in [0.05, 0.1) is 0 Å². The van der Waals surface area contributed by atoms with Gasteiger partial charge < -0.3 is 11.5 Å². The van der Waals surface area contributed by atoms with Crippen LogP contribution in [0.1, 0.15) is 17.2 Å². The van der Waals surface area contributed by atoms with Crippen molar-refractivity contribution in [3.63, 3.8) is 0 Å². The Morgan fingerprint density at radius 1 is 1.42 bits per heavy atom. The Kier molecular flexibility index (Phi) is 2.78. The zero-order valence-corrected chi connectivity index (χ0v) is 7.05. The molecule has 1 atom stereocenters. The maximum absolute atomic E-state index is 12.8. The third kappa shape index (κ3) is 2.03. The van der Waals surface area contributed by atoms with Crippen LogP contribution < -0.4 is 11.5 Å². The van der Waals surface area contributed by atoms with E-state index in [0.717, 1.165) is 11.1 Å². The van der Waals surface area contributed by atoms with Gasteiger partial charge in [0, 0.05) is 12.6 Å². The van der Waals surface area contributed by atoms with E-state index >= 15 is 0 Å². The van der Waals surface area contributed by atoms with Gasteiger partial charge in [-0.3, -0.25) is 0 Å². The summed E-state index contributed by atoms with van der Waals surface area (Å²) < 4.78 is 12.8. The highest BCUT2D eigenvalue weighted by Gasteiger charge is 2.04. The second kappa shape index (κ2) is 3.65. The minimum Gasteiger partial charge on any atom is -0.329 e. The molecule has 0 unspecified atom stereocenters. The summed E-state index contributed by atoms with van der Waals surface area (Å²) in [6.45, 7) is 2.17. The lowest BCUT2D eigenvalue weighted by molar-refractivity contribution is 0.618. The largest absolute Gasteiger partial charge is 0.329 e. The molecule has 12 heavy (non-hydrogen) atoms. The molecule has 0 saturated carbocycles. The predicted molar refractivity (Wildman–Crippen MR) is 47.1 cm³/mol. The van der Waals surface area contributed by atoms with E-state index < -0.39 is 0 Å². The average molecular weight is 168 g/mol. The first-order chi connectivity index (χ1) is 5.63. The second-order valence-electron chi connectivity index (χ2n) is 2.90. The van der Waals surface area contributed by atoms with Crippen LogP contribution in [0.2, 0.25) is 0 Å². The molecule has 0 spiro atoms. The molecule has 0 fully saturated rings. The van der Waals surface area contributed by atoms with Crippen molar-refractivity contribution in [3.05, 3.63) is 35.1 Å². The Hall–Kier alpha value is -0.930. The number of halogens is 1. The predicted octanol–water partition coefficient (Wildman–Crippen LogP) is 1.09. The summed E-state index contributed by atoms with van der Waals surface area (Å²) in [6, 6.07) is 4.47. The van der Waals surface area contributed by atoms with E-state index in [1.54, 1.807) is 0 Å². The van der Waals surface area contributed by atoms with Gasteiger partial charge in [0.2, 0.25) is 0 Å². The summed E-state index contributed by atoms with van der Waals surface area (Å²) >= 11 is 0. The van der Waals surface area contributed by atoms with Crippen LogP contribution in [0.25, 0.3) is 0 Å². The third-order valence-corrected chi connectivity index (χ3v) is 1.75. The Balaban J connectivity index is 3.00. The average Bonchev–Trinajstić information content (AvgIpc) is 2.01. The first-order valence-corrected chi connectivity index (χ1v) is 3.86. The van der Waals surface area contributed by atoms with Gasteiger partial charge in [0.25, 0.3) is 0 Å². The quantitative estimate of drug-likeness (QED) is 0.694. The van der Waals surface area contributed by atoms with Crippen LogP contribution in [0.3, 0.4) is 0 Å². The summed E-state index contributed by atoms with van der Waals surface area (Å²) in [5, 5.41) is 0. The minimum atomic E-state index is -0.264. The molecular formula is C9H13FN2. The van der Waals surface area contributed by atoms with E-state index in [2.05, 4.69) is 0 Å². The molecule has 0 amide bonds. The second-order valence-corrected chi connectivity index (χ2v) is 2.90. The van der Waals surface area contributed by atoms with Crippen molar-refractivity contribution in [2.24, 2.45) is 11.5 Å². The molecule has 1 aromatic carbocycles. The van der Waals surface area contributed by atoms with Crippen molar-refractivity contribution in [3.8, 4) is 0 Å². The summed E-state index contributed by atoms with van der Waals surface area (Å²) in [5.74, 6) is -0.256. The van der Waals surface area contributed by atoms with Crippen LogP contribution in [0.5, 0.6) is 0 Å². The van der Waals surface area contributed by atoms with Crippen LogP contribution in [0.15, 0.2) is 18.2 Å². The molecule has 2 nitrogen and oxygen atoms in total. The van der Waals surface area contributed by atoms with E-state index in [-0.39, 0.29) is 11.9 Å². The Bertz CT molecular complexity index is 253. The van der Waals surface area contributed by atoms with Gasteiger partial charge in [-0.25, -0.2) is 4.39 Å². The van der Waals surface area contributed by atoms with Crippen LogP contribution in [0, 0.1) is 12.7 Å². The zero-order chi connectivity index (χ0) is 9.14. The molecular weight excluding hydrogens is 155 g/mol. The van der Waals surface area contributed by atoms with Crippen molar-refractivity contribution in [2.75, 3.05) is 6.54 Å². The van der Waals surface area contributed by atoms with E-state index in [1.807, 2.05) is 13.0 Å². The lowest BCUT2D eigenvalue weighted by Crippen LogP contribution is -2.20. The smallest absolute Gasteiger partial charge is 0.123 e. The summed E-state index contributed by atoms with van der Waals surface area (Å²) in [4.78, 5) is 0. The van der Waals surface area contributed by atoms with E-state index in [1.165, 1.54) is 12.1 Å². The maximum atomic E-state index is 12.8. The molecule has 1 aromatic rings. The molecule has 1 rings (SSSR count). The monoisotopic (exact) mass is 168 g/mol. The van der Waals surface area contributed by atoms with Gasteiger partial charge in [-0.1, -0.05) is 6.07 Å². The van der Waals surface area contributed by atoms with Crippen molar-refractivity contribution in [1.29, 1.82) is 0 Å². The lowest BCUT2D eigenvalue weighted by atomic mass is 10.1. The van der Waals surface area contributed by atoms with Crippen LogP contribution in [0.4, 0.5) is 4.39 Å². The number of hydrogen-bond acceptors (Lipinski definition) is 2. The molecule has 0 aromatic heterocycles. The van der Waals surface area contributed by atoms with Gasteiger partial charge in [-0.15, -0.1) is 0 Å². The van der Waals surface area contributed by atoms with Gasteiger partial charge in [-0.05, 0) is 30.2 Å². The first-order valence-electron chi connectivity index (χ1n) is 3.86. The molecule has 0 aliphatic carbocycles. The normalized spacial score (nSPS) is 13.0. The number of nitrogens with two attached hydrogens (primary N) is 2. The fraction of sp³-hybridized carbons (Fsp3) is 0.333. The molecule has 66 valence electrons. The van der Waals surface area contributed by atoms with Crippen molar-refractivity contribution < 1.29 is 4.39 Å². The van der Waals surface area contributed by atoms with Gasteiger partial charge in [0.15, 0.2) is 0 Å². The highest BCUT2D eigenvalue weighted by atomic mass is 19.1. The third-order valence-electron chi connectivity index (χ3n) is 1.75. The minimum absolute atomic E-state index is 0.256. The topological polar surface area (TPSA) is 52.0 Å². The van der Waals surface area contributed by atoms with Crippen LogP contribution in [-0.4, -0.2) is 6.54 Å². The zero-order valence-electron chi connectivity index (χ0n) is 7.05. The fourth-order valence-electron chi connectivity index (χ4n) is 1.11. The number of benzene rings is 1. The van der Waals surface area contributed by atoms with E-state index in [0.29, 0.717) is 6.54 Å². The summed E-state index contributed by atoms with van der Waals surface area (Å²) in [7, 11) is 0. The van der Waals surface area contributed by atoms with E-state index in [4.69, 9.17) is 11.5 Å². The lowest BCUT2D eigenvalue weighted by Gasteiger charge is -2.09. The van der Waals surface area contributed by atoms with Crippen molar-refractivity contribution in [1.82, 2.24) is 0 Å². The van der Waals surface area contributed by atoms with Gasteiger partial charge >= 0.3 is 0 Å². The SMILES string of the molecule is Cc1cc(F)cc([C@@H](N)CN)c1. The Labute approximate surface area is 71.4 Å². The van der Waals surface area contributed by atoms with Crippen LogP contribution >= 0.6 is 0 Å². The molecule has 0 bridgehead atoms. The first kappa shape index (κ1) is 9.16. The molecule has 0 aliphatic rings. The highest BCUT2D eigenvalue weighted by Crippen LogP contribution is 2.13. The maximum Gasteiger partial charge on any atom is 0.123 e. The molecule has 0 radical (unpaired) electrons. The summed E-state index contributed by atoms with van der Waals surface area (Å²) in [5.41, 5.74) is 12.6. The number of rotatable bonds is 2. The van der Waals surface area contributed by atoms with Gasteiger partial charge in [-0.2, -0.15) is 0 Å². The van der Waals surface area contributed by atoms with E-state index in [9.17, 15) is 4.39 Å². The number of aryl methyl sites for hydroxylation is 1. The number of hydrogen-bond donors (Lipinski definition) is 2. The van der Waals surface area contributed by atoms with Crippen LogP contribution in [-0.2, 0) is 0 Å². The highest BCUT2D eigenvalue weighted by molar-refractivity contribution is 5.26. The molecule has 4 N–H and O–H groups in total. The van der Waals surface area contributed by atoms with Crippen molar-refractivity contribution in [2.45, 2.75) is 13.0 Å². The molecule has 3 heteroatoms. The molecule has 0 heterocycles. The van der Waals surface area contributed by atoms with Crippen molar-refractivity contribution >= 4 is 0 Å². The molecule has 0 aliphatic heterocycles.